The average Bonchev–Trinajstić information content (AvgIpc) is 3.09. The molecule has 0 unspecified atom stereocenters. The van der Waals surface area contributed by atoms with Crippen molar-refractivity contribution in [2.75, 3.05) is 26.7 Å². The van der Waals surface area contributed by atoms with Crippen molar-refractivity contribution in [3.05, 3.63) is 11.6 Å². The van der Waals surface area contributed by atoms with Gasteiger partial charge in [0.15, 0.2) is 0 Å². The van der Waals surface area contributed by atoms with E-state index in [1.807, 2.05) is 14.0 Å². The molecule has 2 fully saturated rings. The number of likely N-dealkylation sites (N-methyl/N-ethyl adjacent to an activating group) is 1. The number of hydrogen-bond donors (Lipinski definition) is 1. The maximum absolute atomic E-state index is 10.8. The SMILES string of the molecule is Cc1nnc(CN(C)[C@H]2CCN(CC3(O)CCCCC3)C2)n1C. The molecule has 130 valence electrons. The lowest BCUT2D eigenvalue weighted by Gasteiger charge is -2.35. The number of likely N-dealkylation sites (tertiary alicyclic amines) is 1. The van der Waals surface area contributed by atoms with Crippen LogP contribution in [0.1, 0.15) is 50.2 Å². The number of aryl methyl sites for hydroxylation is 1. The molecule has 1 N–H and O–H groups in total. The molecule has 23 heavy (non-hydrogen) atoms. The van der Waals surface area contributed by atoms with Gasteiger partial charge in [-0.1, -0.05) is 19.3 Å². The summed E-state index contributed by atoms with van der Waals surface area (Å²) in [5.74, 6) is 1.98. The van der Waals surface area contributed by atoms with Gasteiger partial charge in [0.1, 0.15) is 11.6 Å². The monoisotopic (exact) mass is 321 g/mol. The maximum Gasteiger partial charge on any atom is 0.146 e. The van der Waals surface area contributed by atoms with E-state index in [4.69, 9.17) is 0 Å². The molecule has 0 bridgehead atoms. The van der Waals surface area contributed by atoms with Crippen LogP contribution in [0.5, 0.6) is 0 Å². The van der Waals surface area contributed by atoms with Gasteiger partial charge in [0, 0.05) is 26.2 Å². The highest BCUT2D eigenvalue weighted by Gasteiger charge is 2.35. The van der Waals surface area contributed by atoms with Crippen molar-refractivity contribution in [1.29, 1.82) is 0 Å². The number of rotatable bonds is 5. The van der Waals surface area contributed by atoms with Gasteiger partial charge in [0.05, 0.1) is 12.1 Å². The summed E-state index contributed by atoms with van der Waals surface area (Å²) in [6, 6.07) is 0.541. The van der Waals surface area contributed by atoms with E-state index in [2.05, 4.69) is 31.6 Å². The molecule has 0 radical (unpaired) electrons. The quantitative estimate of drug-likeness (QED) is 0.886. The molecule has 3 rings (SSSR count). The fraction of sp³-hybridized carbons (Fsp3) is 0.882. The first-order chi connectivity index (χ1) is 11.0. The second-order valence-corrected chi connectivity index (χ2v) is 7.60. The first-order valence-corrected chi connectivity index (χ1v) is 8.97. The molecule has 1 aromatic heterocycles. The van der Waals surface area contributed by atoms with Crippen LogP contribution in [0.2, 0.25) is 0 Å². The summed E-state index contributed by atoms with van der Waals surface area (Å²) in [5.41, 5.74) is -0.438. The van der Waals surface area contributed by atoms with Crippen molar-refractivity contribution in [3.63, 3.8) is 0 Å². The van der Waals surface area contributed by atoms with Crippen LogP contribution < -0.4 is 0 Å². The van der Waals surface area contributed by atoms with Crippen molar-refractivity contribution in [1.82, 2.24) is 24.6 Å². The molecule has 1 aliphatic heterocycles. The summed E-state index contributed by atoms with van der Waals surface area (Å²) in [5, 5.41) is 19.2. The summed E-state index contributed by atoms with van der Waals surface area (Å²) in [6.45, 7) is 5.81. The number of β-amino-alcohol motifs (C(OH)–C–C–N with tert-alkyl or cyclic N) is 1. The van der Waals surface area contributed by atoms with Crippen molar-refractivity contribution in [2.45, 2.75) is 63.6 Å². The topological polar surface area (TPSA) is 57.4 Å². The van der Waals surface area contributed by atoms with E-state index in [1.165, 1.54) is 25.7 Å². The van der Waals surface area contributed by atoms with Gasteiger partial charge in [-0.2, -0.15) is 0 Å². The van der Waals surface area contributed by atoms with Crippen molar-refractivity contribution in [2.24, 2.45) is 7.05 Å². The molecule has 1 saturated carbocycles. The van der Waals surface area contributed by atoms with Gasteiger partial charge in [0.25, 0.3) is 0 Å². The van der Waals surface area contributed by atoms with Crippen molar-refractivity contribution < 1.29 is 5.11 Å². The Morgan fingerprint density at radius 2 is 2.00 bits per heavy atom. The van der Waals surface area contributed by atoms with E-state index in [1.54, 1.807) is 0 Å². The molecular weight excluding hydrogens is 290 g/mol. The van der Waals surface area contributed by atoms with Gasteiger partial charge in [-0.15, -0.1) is 10.2 Å². The van der Waals surface area contributed by atoms with E-state index in [-0.39, 0.29) is 0 Å². The second kappa shape index (κ2) is 6.87. The predicted octanol–water partition coefficient (Wildman–Crippen LogP) is 1.32. The number of hydrogen-bond acceptors (Lipinski definition) is 5. The smallest absolute Gasteiger partial charge is 0.146 e. The fourth-order valence-electron chi connectivity index (χ4n) is 4.04. The lowest BCUT2D eigenvalue weighted by atomic mass is 9.84. The standard InChI is InChI=1S/C17H31N5O/c1-14-18-19-16(21(14)3)12-20(2)15-7-10-22(11-15)13-17(23)8-5-4-6-9-17/h15,23H,4-13H2,1-3H3/t15-/m0/s1. The first kappa shape index (κ1) is 16.9. The van der Waals surface area contributed by atoms with Crippen LogP contribution in [0.15, 0.2) is 0 Å². The molecule has 6 heteroatoms. The Balaban J connectivity index is 1.51. The molecule has 1 aromatic rings. The number of nitrogens with zero attached hydrogens (tertiary/aromatic N) is 5. The summed E-state index contributed by atoms with van der Waals surface area (Å²) < 4.78 is 2.06. The highest BCUT2D eigenvalue weighted by molar-refractivity contribution is 4.95. The zero-order valence-electron chi connectivity index (χ0n) is 14.8. The number of aromatic nitrogens is 3. The van der Waals surface area contributed by atoms with E-state index < -0.39 is 5.60 Å². The summed E-state index contributed by atoms with van der Waals surface area (Å²) in [4.78, 5) is 4.84. The van der Waals surface area contributed by atoms with E-state index >= 15 is 0 Å². The minimum absolute atomic E-state index is 0.438. The third-order valence-electron chi connectivity index (χ3n) is 5.75. The van der Waals surface area contributed by atoms with Crippen LogP contribution in [0, 0.1) is 6.92 Å². The Kier molecular flexibility index (Phi) is 5.04. The Morgan fingerprint density at radius 3 is 2.65 bits per heavy atom. The Labute approximate surface area is 139 Å². The average molecular weight is 321 g/mol. The van der Waals surface area contributed by atoms with Gasteiger partial charge in [0.2, 0.25) is 0 Å². The maximum atomic E-state index is 10.8. The molecule has 2 aliphatic rings. The van der Waals surface area contributed by atoms with Crippen molar-refractivity contribution in [3.8, 4) is 0 Å². The summed E-state index contributed by atoms with van der Waals surface area (Å²) in [6.07, 6.45) is 6.76. The largest absolute Gasteiger partial charge is 0.389 e. The van der Waals surface area contributed by atoms with E-state index in [0.29, 0.717) is 6.04 Å². The van der Waals surface area contributed by atoms with Gasteiger partial charge in [-0.25, -0.2) is 0 Å². The van der Waals surface area contributed by atoms with Gasteiger partial charge < -0.3 is 9.67 Å². The molecule has 1 aliphatic carbocycles. The summed E-state index contributed by atoms with van der Waals surface area (Å²) >= 11 is 0. The lowest BCUT2D eigenvalue weighted by Crippen LogP contribution is -2.44. The van der Waals surface area contributed by atoms with E-state index in [9.17, 15) is 5.11 Å². The molecule has 1 atom stereocenters. The molecule has 0 aromatic carbocycles. The molecule has 6 nitrogen and oxygen atoms in total. The number of aliphatic hydroxyl groups is 1. The Hall–Kier alpha value is -0.980. The molecule has 0 amide bonds. The molecule has 1 saturated heterocycles. The highest BCUT2D eigenvalue weighted by Crippen LogP contribution is 2.30. The fourth-order valence-corrected chi connectivity index (χ4v) is 4.04. The second-order valence-electron chi connectivity index (χ2n) is 7.60. The van der Waals surface area contributed by atoms with Crippen LogP contribution >= 0.6 is 0 Å². The van der Waals surface area contributed by atoms with Crippen molar-refractivity contribution >= 4 is 0 Å². The predicted molar refractivity (Wildman–Crippen MR) is 90.1 cm³/mol. The van der Waals surface area contributed by atoms with Gasteiger partial charge >= 0.3 is 0 Å². The molecular formula is C17H31N5O. The third kappa shape index (κ3) is 3.92. The Morgan fingerprint density at radius 1 is 1.26 bits per heavy atom. The van der Waals surface area contributed by atoms with Gasteiger partial charge in [-0.3, -0.25) is 9.80 Å². The zero-order chi connectivity index (χ0) is 16.4. The molecule has 0 spiro atoms. The van der Waals surface area contributed by atoms with E-state index in [0.717, 1.165) is 50.7 Å². The zero-order valence-corrected chi connectivity index (χ0v) is 14.8. The summed E-state index contributed by atoms with van der Waals surface area (Å²) in [7, 11) is 4.20. The van der Waals surface area contributed by atoms with Gasteiger partial charge in [-0.05, 0) is 39.8 Å². The van der Waals surface area contributed by atoms with Crippen LogP contribution in [0.25, 0.3) is 0 Å². The van der Waals surface area contributed by atoms with Crippen LogP contribution in [0.3, 0.4) is 0 Å². The van der Waals surface area contributed by atoms with Crippen LogP contribution in [-0.2, 0) is 13.6 Å². The third-order valence-corrected chi connectivity index (χ3v) is 5.75. The lowest BCUT2D eigenvalue weighted by molar-refractivity contribution is -0.0225. The molecule has 2 heterocycles. The minimum Gasteiger partial charge on any atom is -0.389 e. The Bertz CT molecular complexity index is 523. The van der Waals surface area contributed by atoms with Crippen LogP contribution in [-0.4, -0.2) is 68.0 Å². The first-order valence-electron chi connectivity index (χ1n) is 8.97. The normalized spacial score (nSPS) is 25.3. The van der Waals surface area contributed by atoms with Crippen LogP contribution in [0.4, 0.5) is 0 Å². The highest BCUT2D eigenvalue weighted by atomic mass is 16.3. The minimum atomic E-state index is -0.438.